The fourth-order valence-electron chi connectivity index (χ4n) is 10.5. The van der Waals surface area contributed by atoms with E-state index in [1.807, 2.05) is 32.0 Å². The first-order valence-electron chi connectivity index (χ1n) is 24.7. The predicted octanol–water partition coefficient (Wildman–Crippen LogP) is 3.95. The summed E-state index contributed by atoms with van der Waals surface area (Å²) in [5.41, 5.74) is 8.19. The largest absolute Gasteiger partial charge is 0.508 e. The first-order valence-corrected chi connectivity index (χ1v) is 24.7. The first kappa shape index (κ1) is 51.0. The molecule has 18 nitrogen and oxygen atoms in total. The highest BCUT2D eigenvalue weighted by molar-refractivity contribution is 5.97. The van der Waals surface area contributed by atoms with Crippen molar-refractivity contribution in [2.75, 3.05) is 73.2 Å². The van der Waals surface area contributed by atoms with Crippen molar-refractivity contribution in [2.45, 2.75) is 91.1 Å². The summed E-state index contributed by atoms with van der Waals surface area (Å²) < 4.78 is 19.9. The van der Waals surface area contributed by atoms with Crippen LogP contribution in [0.4, 0.5) is 0 Å². The smallest absolute Gasteiger partial charge is 0.324 e. The second-order valence-corrected chi connectivity index (χ2v) is 20.2. The number of rotatable bonds is 9. The van der Waals surface area contributed by atoms with E-state index in [1.54, 1.807) is 30.4 Å². The minimum Gasteiger partial charge on any atom is -0.508 e. The lowest BCUT2D eigenvalue weighted by atomic mass is 9.84. The maximum absolute atomic E-state index is 15.0. The Bertz CT molecular complexity index is 2690. The number of morpholine rings is 1. The molecule has 8 rings (SSSR count). The Morgan fingerprint density at radius 3 is 2.49 bits per heavy atom. The lowest BCUT2D eigenvalue weighted by Gasteiger charge is -2.38. The average molecular weight is 974 g/mol. The van der Waals surface area contributed by atoms with Crippen LogP contribution < -0.4 is 10.7 Å². The molecule has 4 aromatic rings. The van der Waals surface area contributed by atoms with Gasteiger partial charge in [-0.25, -0.2) is 15.4 Å². The molecular formula is C53H67N9O9. The maximum Gasteiger partial charge on any atom is 0.324 e. The van der Waals surface area contributed by atoms with Crippen molar-refractivity contribution in [3.05, 3.63) is 66.2 Å². The molecule has 2 aromatic carbocycles. The number of hydrogen-bond acceptors (Lipinski definition) is 13. The zero-order chi connectivity index (χ0) is 50.6. The number of amides is 4. The third-order valence-electron chi connectivity index (χ3n) is 14.1. The maximum atomic E-state index is 15.0. The van der Waals surface area contributed by atoms with Gasteiger partial charge >= 0.3 is 5.97 Å². The van der Waals surface area contributed by atoms with Gasteiger partial charge in [0, 0.05) is 87.7 Å². The van der Waals surface area contributed by atoms with Gasteiger partial charge in [0.15, 0.2) is 0 Å². The summed E-state index contributed by atoms with van der Waals surface area (Å²) in [5.74, 6) is 2.27. The van der Waals surface area contributed by atoms with E-state index in [0.29, 0.717) is 69.7 Å². The molecule has 5 atom stereocenters. The van der Waals surface area contributed by atoms with Gasteiger partial charge in [0.1, 0.15) is 36.3 Å². The van der Waals surface area contributed by atoms with Crippen LogP contribution >= 0.6 is 0 Å². The quantitative estimate of drug-likeness (QED) is 0.161. The number of fused-ring (bicyclic) bond motifs is 6. The number of carbonyl (C=O) groups is 5. The van der Waals surface area contributed by atoms with Crippen molar-refractivity contribution >= 4 is 40.5 Å². The van der Waals surface area contributed by atoms with E-state index in [0.717, 1.165) is 46.4 Å². The number of aromatic nitrogens is 3. The minimum atomic E-state index is -1.41. The number of esters is 1. The van der Waals surface area contributed by atoms with Gasteiger partial charge in [-0.1, -0.05) is 39.7 Å². The fourth-order valence-corrected chi connectivity index (χ4v) is 10.5. The number of nitrogens with zero attached hydrogens (tertiary/aromatic N) is 7. The second-order valence-electron chi connectivity index (χ2n) is 20.2. The number of methoxy groups -OCH3 is 1. The number of benzene rings is 2. The Hall–Kier alpha value is -6.39. The zero-order valence-corrected chi connectivity index (χ0v) is 41.9. The van der Waals surface area contributed by atoms with Crippen molar-refractivity contribution in [1.29, 1.82) is 0 Å². The van der Waals surface area contributed by atoms with Crippen LogP contribution in [-0.2, 0) is 51.1 Å². The van der Waals surface area contributed by atoms with E-state index in [9.17, 15) is 24.3 Å². The number of cyclic esters (lactones) is 1. The number of nitrogens with one attached hydrogen (secondary N) is 2. The van der Waals surface area contributed by atoms with E-state index in [1.165, 1.54) is 29.4 Å². The highest BCUT2D eigenvalue weighted by atomic mass is 16.5. The van der Waals surface area contributed by atoms with Crippen LogP contribution in [0.2, 0.25) is 0 Å². The zero-order valence-electron chi connectivity index (χ0n) is 41.9. The molecule has 0 aliphatic carbocycles. The molecule has 71 heavy (non-hydrogen) atoms. The number of ether oxygens (including phenoxy) is 3. The van der Waals surface area contributed by atoms with Gasteiger partial charge in [-0.2, -0.15) is 0 Å². The molecule has 4 aliphatic heterocycles. The van der Waals surface area contributed by atoms with E-state index < -0.39 is 59.3 Å². The Balaban J connectivity index is 1.13. The summed E-state index contributed by atoms with van der Waals surface area (Å²) in [4.78, 5) is 85.0. The van der Waals surface area contributed by atoms with E-state index in [-0.39, 0.29) is 37.3 Å². The number of hydrogen-bond donors (Lipinski definition) is 3. The summed E-state index contributed by atoms with van der Waals surface area (Å²) >= 11 is 0. The van der Waals surface area contributed by atoms with Gasteiger partial charge in [-0.05, 0) is 97.0 Å². The van der Waals surface area contributed by atoms with Crippen LogP contribution in [0.5, 0.6) is 5.75 Å². The van der Waals surface area contributed by atoms with Crippen LogP contribution in [0.15, 0.2) is 55.1 Å². The molecule has 0 saturated carbocycles. The molecule has 2 aromatic heterocycles. The van der Waals surface area contributed by atoms with E-state index in [4.69, 9.17) is 14.2 Å². The van der Waals surface area contributed by atoms with Crippen LogP contribution in [0.1, 0.15) is 71.1 Å². The van der Waals surface area contributed by atoms with Gasteiger partial charge < -0.3 is 39.0 Å². The van der Waals surface area contributed by atoms with Crippen molar-refractivity contribution in [2.24, 2.45) is 17.3 Å². The summed E-state index contributed by atoms with van der Waals surface area (Å²) in [7, 11) is 2.99. The molecule has 6 heterocycles. The number of aromatic hydroxyl groups is 1. The number of carbonyl (C=O) groups excluding carboxylic acids is 5. The Labute approximate surface area is 415 Å². The van der Waals surface area contributed by atoms with Gasteiger partial charge in [0.05, 0.1) is 38.0 Å². The average Bonchev–Trinajstić information content (AvgIpc) is 3.98. The molecule has 3 N–H and O–H groups in total. The topological polar surface area (TPSA) is 201 Å². The number of aryl methyl sites for hydroxylation is 1. The molecule has 3 saturated heterocycles. The molecule has 1 unspecified atom stereocenters. The SMILES string of the molecule is CCn1c(-c2cncnc2)c2c3cc(ccc31)-c1cc(O)cc(c1)[C@@H](OC)[C@H](NC(=O)C(C(C)C)N(C)C(=O)[C@H]1CCN(C(=O)C#CCN3CCOCC3)C1)C(=O)N1CCC[C@H](N1)C(=O)OCC(C)(C)C2. The van der Waals surface area contributed by atoms with Crippen molar-refractivity contribution < 1.29 is 43.3 Å². The van der Waals surface area contributed by atoms with E-state index in [2.05, 4.69) is 68.9 Å². The van der Waals surface area contributed by atoms with Crippen molar-refractivity contribution in [1.82, 2.24) is 45.0 Å². The van der Waals surface area contributed by atoms with Gasteiger partial charge in [-0.15, -0.1) is 0 Å². The molecule has 4 aliphatic rings. The molecule has 0 spiro atoms. The van der Waals surface area contributed by atoms with Crippen LogP contribution in [0.3, 0.4) is 0 Å². The Morgan fingerprint density at radius 2 is 1.77 bits per heavy atom. The molecule has 6 bridgehead atoms. The fraction of sp³-hybridized carbons (Fsp3) is 0.528. The summed E-state index contributed by atoms with van der Waals surface area (Å²) in [6.45, 7) is 14.5. The highest BCUT2D eigenvalue weighted by Crippen LogP contribution is 2.41. The monoisotopic (exact) mass is 974 g/mol. The van der Waals surface area contributed by atoms with Gasteiger partial charge in [0.25, 0.3) is 11.8 Å². The number of likely N-dealkylation sites (N-methyl/N-ethyl adjacent to an activating group) is 1. The van der Waals surface area contributed by atoms with Crippen LogP contribution in [0.25, 0.3) is 33.3 Å². The second kappa shape index (κ2) is 21.9. The molecule has 4 amide bonds. The number of phenols is 1. The summed E-state index contributed by atoms with van der Waals surface area (Å²) in [5, 5.41) is 16.7. The third kappa shape index (κ3) is 11.2. The molecule has 0 radical (unpaired) electrons. The molecule has 18 heteroatoms. The van der Waals surface area contributed by atoms with Crippen LogP contribution in [-0.4, -0.2) is 160 Å². The standard InChI is InChI=1S/C53H67N9O9/c1-8-61-43-14-13-34-26-40(43)41(47(61)38-28-54-32-55-29-38)27-53(4,5)31-71-52(68)42-11-9-17-62(57-42)51(67)45(48(69-7)37-23-36(34)24-39(63)25-37)56-49(65)46(33(2)3)58(6)50(66)35-15-18-60(30-35)44(64)12-10-16-59-19-21-70-22-20-59/h13-14,23-26,28-29,32-33,35,42,45-46,48,57,63H,8-9,11,15-22,27,30-31H2,1-7H3,(H,56,65)/t35-,42-,45-,46?,48+/m0/s1. The lowest BCUT2D eigenvalue weighted by Crippen LogP contribution is -2.63. The molecule has 378 valence electrons. The lowest BCUT2D eigenvalue weighted by molar-refractivity contribution is -0.157. The normalized spacial score (nSPS) is 22.3. The Morgan fingerprint density at radius 1 is 1.01 bits per heavy atom. The predicted molar refractivity (Wildman–Crippen MR) is 265 cm³/mol. The Kier molecular flexibility index (Phi) is 15.8. The summed E-state index contributed by atoms with van der Waals surface area (Å²) in [6.07, 6.45) is 5.73. The number of hydrazine groups is 1. The first-order chi connectivity index (χ1) is 34.1. The third-order valence-corrected chi connectivity index (χ3v) is 14.1. The van der Waals surface area contributed by atoms with Gasteiger partial charge in [-0.3, -0.25) is 33.9 Å². The van der Waals surface area contributed by atoms with E-state index >= 15 is 4.79 Å². The van der Waals surface area contributed by atoms with Crippen LogP contribution in [0, 0.1) is 29.1 Å². The van der Waals surface area contributed by atoms with Crippen molar-refractivity contribution in [3.8, 4) is 40.0 Å². The number of likely N-dealkylation sites (tertiary alicyclic amines) is 1. The summed E-state index contributed by atoms with van der Waals surface area (Å²) in [6, 6.07) is 7.80. The molecular weight excluding hydrogens is 907 g/mol. The highest BCUT2D eigenvalue weighted by Gasteiger charge is 2.43. The van der Waals surface area contributed by atoms with Crippen molar-refractivity contribution in [3.63, 3.8) is 0 Å². The molecule has 3 fully saturated rings. The van der Waals surface area contributed by atoms with Gasteiger partial charge in [0.2, 0.25) is 11.8 Å². The minimum absolute atomic E-state index is 0.0855. The number of phenolic OH excluding ortho intramolecular Hbond substituents is 1.